The van der Waals surface area contributed by atoms with Crippen molar-refractivity contribution in [1.29, 1.82) is 0 Å². The van der Waals surface area contributed by atoms with Crippen LogP contribution in [0.15, 0.2) is 78.9 Å². The zero-order chi connectivity index (χ0) is 18.4. The lowest BCUT2D eigenvalue weighted by molar-refractivity contribution is -0.115. The summed E-state index contributed by atoms with van der Waals surface area (Å²) in [5.74, 6) is -0.549. The maximum absolute atomic E-state index is 13.6. The fourth-order valence-corrected chi connectivity index (χ4v) is 2.79. The van der Waals surface area contributed by atoms with Gasteiger partial charge in [-0.2, -0.15) is 0 Å². The minimum absolute atomic E-state index is 0.0992. The van der Waals surface area contributed by atoms with E-state index in [2.05, 4.69) is 10.6 Å². The van der Waals surface area contributed by atoms with Crippen molar-refractivity contribution >= 4 is 11.6 Å². The standard InChI is InChI=1S/C22H21FN2O/c1-16-12-13-19(14-20(16)23)25-21(26)15-24-22(17-8-4-2-5-9-17)18-10-6-3-7-11-18/h2-14,22,24H,15H2,1H3,(H,25,26). The SMILES string of the molecule is Cc1ccc(NC(=O)CNC(c2ccccc2)c2ccccc2)cc1F. The van der Waals surface area contributed by atoms with Gasteiger partial charge >= 0.3 is 0 Å². The number of anilines is 1. The van der Waals surface area contributed by atoms with Crippen molar-refractivity contribution in [3.8, 4) is 0 Å². The lowest BCUT2D eigenvalue weighted by Gasteiger charge is -2.19. The molecule has 0 heterocycles. The second kappa shape index (κ2) is 8.41. The van der Waals surface area contributed by atoms with Gasteiger partial charge < -0.3 is 5.32 Å². The van der Waals surface area contributed by atoms with E-state index in [-0.39, 0.29) is 24.3 Å². The van der Waals surface area contributed by atoms with Crippen molar-refractivity contribution in [3.05, 3.63) is 101 Å². The van der Waals surface area contributed by atoms with Gasteiger partial charge in [0.25, 0.3) is 0 Å². The lowest BCUT2D eigenvalue weighted by atomic mass is 9.99. The molecular formula is C22H21FN2O. The molecule has 2 N–H and O–H groups in total. The number of nitrogens with one attached hydrogen (secondary N) is 2. The van der Waals surface area contributed by atoms with E-state index in [4.69, 9.17) is 0 Å². The summed E-state index contributed by atoms with van der Waals surface area (Å²) in [5.41, 5.74) is 3.16. The highest BCUT2D eigenvalue weighted by Gasteiger charge is 2.15. The first-order valence-electron chi connectivity index (χ1n) is 8.53. The molecule has 3 aromatic carbocycles. The van der Waals surface area contributed by atoms with Crippen LogP contribution in [0.2, 0.25) is 0 Å². The average molecular weight is 348 g/mol. The first-order chi connectivity index (χ1) is 12.6. The second-order valence-corrected chi connectivity index (χ2v) is 6.15. The molecule has 0 bridgehead atoms. The van der Waals surface area contributed by atoms with Crippen molar-refractivity contribution in [2.24, 2.45) is 0 Å². The van der Waals surface area contributed by atoms with Crippen LogP contribution in [0.3, 0.4) is 0 Å². The molecule has 0 saturated carbocycles. The molecule has 0 aliphatic rings. The second-order valence-electron chi connectivity index (χ2n) is 6.15. The van der Waals surface area contributed by atoms with Gasteiger partial charge in [0.1, 0.15) is 5.82 Å². The molecule has 26 heavy (non-hydrogen) atoms. The van der Waals surface area contributed by atoms with Gasteiger partial charge in [0.2, 0.25) is 5.91 Å². The minimum atomic E-state index is -0.331. The zero-order valence-corrected chi connectivity index (χ0v) is 14.6. The molecule has 3 aromatic rings. The normalized spacial score (nSPS) is 10.7. The Hall–Kier alpha value is -2.98. The fraction of sp³-hybridized carbons (Fsp3) is 0.136. The Balaban J connectivity index is 1.69. The first kappa shape index (κ1) is 17.8. The van der Waals surface area contributed by atoms with Crippen LogP contribution in [0.25, 0.3) is 0 Å². The van der Waals surface area contributed by atoms with Crippen LogP contribution in [0.4, 0.5) is 10.1 Å². The maximum atomic E-state index is 13.6. The molecule has 0 spiro atoms. The summed E-state index contributed by atoms with van der Waals surface area (Å²) >= 11 is 0. The van der Waals surface area contributed by atoms with E-state index >= 15 is 0 Å². The summed E-state index contributed by atoms with van der Waals surface area (Å²) in [4.78, 5) is 12.3. The smallest absolute Gasteiger partial charge is 0.238 e. The molecule has 0 unspecified atom stereocenters. The monoisotopic (exact) mass is 348 g/mol. The molecule has 0 radical (unpaired) electrons. The van der Waals surface area contributed by atoms with Gasteiger partial charge in [-0.1, -0.05) is 66.7 Å². The van der Waals surface area contributed by atoms with Crippen molar-refractivity contribution in [2.45, 2.75) is 13.0 Å². The van der Waals surface area contributed by atoms with Gasteiger partial charge in [-0.15, -0.1) is 0 Å². The largest absolute Gasteiger partial charge is 0.325 e. The Morgan fingerprint density at radius 3 is 2.04 bits per heavy atom. The van der Waals surface area contributed by atoms with E-state index in [0.717, 1.165) is 11.1 Å². The molecule has 132 valence electrons. The number of benzene rings is 3. The predicted octanol–water partition coefficient (Wildman–Crippen LogP) is 4.45. The quantitative estimate of drug-likeness (QED) is 0.691. The van der Waals surface area contributed by atoms with Crippen LogP contribution in [-0.4, -0.2) is 12.5 Å². The topological polar surface area (TPSA) is 41.1 Å². The van der Waals surface area contributed by atoms with Gasteiger partial charge in [0.15, 0.2) is 0 Å². The molecule has 0 atom stereocenters. The zero-order valence-electron chi connectivity index (χ0n) is 14.6. The summed E-state index contributed by atoms with van der Waals surface area (Å²) in [5, 5.41) is 6.02. The third kappa shape index (κ3) is 4.55. The van der Waals surface area contributed by atoms with Crippen molar-refractivity contribution in [1.82, 2.24) is 5.32 Å². The van der Waals surface area contributed by atoms with Crippen LogP contribution in [0.1, 0.15) is 22.7 Å². The predicted molar refractivity (Wildman–Crippen MR) is 102 cm³/mol. The lowest BCUT2D eigenvalue weighted by Crippen LogP contribution is -2.31. The molecular weight excluding hydrogens is 327 g/mol. The summed E-state index contributed by atoms with van der Waals surface area (Å²) < 4.78 is 13.6. The highest BCUT2D eigenvalue weighted by molar-refractivity contribution is 5.92. The molecule has 0 aliphatic heterocycles. The third-order valence-corrected chi connectivity index (χ3v) is 4.19. The summed E-state index contributed by atoms with van der Waals surface area (Å²) in [6, 6.07) is 24.5. The van der Waals surface area contributed by atoms with E-state index in [1.165, 1.54) is 6.07 Å². The van der Waals surface area contributed by atoms with E-state index in [0.29, 0.717) is 11.3 Å². The summed E-state index contributed by atoms with van der Waals surface area (Å²) in [6.45, 7) is 1.80. The molecule has 0 fully saturated rings. The molecule has 3 rings (SSSR count). The number of hydrogen-bond donors (Lipinski definition) is 2. The Morgan fingerprint density at radius 2 is 1.50 bits per heavy atom. The van der Waals surface area contributed by atoms with Gasteiger partial charge in [0.05, 0.1) is 12.6 Å². The third-order valence-electron chi connectivity index (χ3n) is 4.19. The highest BCUT2D eigenvalue weighted by Crippen LogP contribution is 2.21. The van der Waals surface area contributed by atoms with Gasteiger partial charge in [-0.05, 0) is 35.7 Å². The number of aryl methyl sites for hydroxylation is 1. The van der Waals surface area contributed by atoms with E-state index in [1.54, 1.807) is 19.1 Å². The molecule has 0 saturated heterocycles. The van der Waals surface area contributed by atoms with Gasteiger partial charge in [0, 0.05) is 5.69 Å². The fourth-order valence-electron chi connectivity index (χ4n) is 2.79. The van der Waals surface area contributed by atoms with Crippen LogP contribution in [0, 0.1) is 12.7 Å². The summed E-state index contributed by atoms with van der Waals surface area (Å²) in [6.07, 6.45) is 0. The van der Waals surface area contributed by atoms with Gasteiger partial charge in [-0.3, -0.25) is 10.1 Å². The maximum Gasteiger partial charge on any atom is 0.238 e. The van der Waals surface area contributed by atoms with Crippen molar-refractivity contribution in [2.75, 3.05) is 11.9 Å². The molecule has 4 heteroatoms. The van der Waals surface area contributed by atoms with Crippen LogP contribution < -0.4 is 10.6 Å². The minimum Gasteiger partial charge on any atom is -0.325 e. The average Bonchev–Trinajstić information content (AvgIpc) is 2.67. The number of halogens is 1. The Labute approximate surface area is 152 Å². The Morgan fingerprint density at radius 1 is 0.923 bits per heavy atom. The van der Waals surface area contributed by atoms with Crippen LogP contribution >= 0.6 is 0 Å². The Kier molecular flexibility index (Phi) is 5.77. The molecule has 1 amide bonds. The van der Waals surface area contributed by atoms with E-state index in [9.17, 15) is 9.18 Å². The molecule has 0 aliphatic carbocycles. The van der Waals surface area contributed by atoms with E-state index in [1.807, 2.05) is 60.7 Å². The Bertz CT molecular complexity index is 826. The number of carbonyl (C=O) groups is 1. The van der Waals surface area contributed by atoms with Crippen molar-refractivity contribution in [3.63, 3.8) is 0 Å². The van der Waals surface area contributed by atoms with E-state index < -0.39 is 0 Å². The first-order valence-corrected chi connectivity index (χ1v) is 8.53. The van der Waals surface area contributed by atoms with Crippen LogP contribution in [-0.2, 0) is 4.79 Å². The highest BCUT2D eigenvalue weighted by atomic mass is 19.1. The number of rotatable bonds is 6. The molecule has 3 nitrogen and oxygen atoms in total. The number of amides is 1. The number of carbonyl (C=O) groups excluding carboxylic acids is 1. The van der Waals surface area contributed by atoms with Gasteiger partial charge in [-0.25, -0.2) is 4.39 Å². The van der Waals surface area contributed by atoms with Crippen molar-refractivity contribution < 1.29 is 9.18 Å². The number of hydrogen-bond acceptors (Lipinski definition) is 2. The molecule has 0 aromatic heterocycles. The van der Waals surface area contributed by atoms with Crippen LogP contribution in [0.5, 0.6) is 0 Å². The summed E-state index contributed by atoms with van der Waals surface area (Å²) in [7, 11) is 0.